The van der Waals surface area contributed by atoms with Crippen LogP contribution in [0.15, 0.2) is 55.0 Å². The van der Waals surface area contributed by atoms with E-state index >= 15 is 0 Å². The third-order valence-electron chi connectivity index (χ3n) is 6.88. The molecule has 1 aromatic carbocycles. The summed E-state index contributed by atoms with van der Waals surface area (Å²) in [6.45, 7) is 4.85. The van der Waals surface area contributed by atoms with E-state index in [1.165, 1.54) is 24.4 Å². The second-order valence-electron chi connectivity index (χ2n) is 9.40. The number of hydrogen-bond acceptors (Lipinski definition) is 6. The van der Waals surface area contributed by atoms with Crippen molar-refractivity contribution in [1.82, 2.24) is 29.5 Å². The minimum Gasteiger partial charge on any atom is -0.494 e. The summed E-state index contributed by atoms with van der Waals surface area (Å²) in [7, 11) is 1.50. The van der Waals surface area contributed by atoms with E-state index in [-0.39, 0.29) is 30.6 Å². The third kappa shape index (κ3) is 4.53. The summed E-state index contributed by atoms with van der Waals surface area (Å²) < 4.78 is 7.16. The minimum absolute atomic E-state index is 0.0846. The van der Waals surface area contributed by atoms with Crippen LogP contribution in [0.3, 0.4) is 0 Å². The van der Waals surface area contributed by atoms with Crippen molar-refractivity contribution in [3.63, 3.8) is 0 Å². The molecule has 0 radical (unpaired) electrons. The second-order valence-corrected chi connectivity index (χ2v) is 9.40. The Morgan fingerprint density at radius 2 is 1.92 bits per heavy atom. The fourth-order valence-corrected chi connectivity index (χ4v) is 4.93. The number of pyridine rings is 1. The SMILES string of the molecule is CCCc1ccn(-c2ncc(OC)c3c(C(=O)C(=O)N4CCN(C(=O)c5ccccc5)[C@H](C)C4)c[nH]c23)n1. The Hall–Kier alpha value is -4.47. The van der Waals surface area contributed by atoms with Gasteiger partial charge in [0.1, 0.15) is 5.75 Å². The summed E-state index contributed by atoms with van der Waals surface area (Å²) in [5.74, 6) is -0.452. The summed E-state index contributed by atoms with van der Waals surface area (Å²) >= 11 is 0. The number of fused-ring (bicyclic) bond motifs is 1. The predicted octanol–water partition coefficient (Wildman–Crippen LogP) is 3.27. The number of aromatic nitrogens is 4. The molecular weight excluding hydrogens is 484 g/mol. The van der Waals surface area contributed by atoms with E-state index in [0.29, 0.717) is 34.6 Å². The maximum absolute atomic E-state index is 13.5. The number of H-pyrrole nitrogens is 1. The summed E-state index contributed by atoms with van der Waals surface area (Å²) in [5.41, 5.74) is 2.31. The molecule has 0 saturated carbocycles. The first kappa shape index (κ1) is 25.2. The minimum atomic E-state index is -0.645. The van der Waals surface area contributed by atoms with Gasteiger partial charge in [-0.25, -0.2) is 9.67 Å². The number of amides is 2. The van der Waals surface area contributed by atoms with Crippen molar-refractivity contribution in [2.75, 3.05) is 26.7 Å². The molecule has 1 N–H and O–H groups in total. The van der Waals surface area contributed by atoms with Crippen LogP contribution in [0.1, 0.15) is 46.7 Å². The maximum atomic E-state index is 13.5. The van der Waals surface area contributed by atoms with Gasteiger partial charge in [0.25, 0.3) is 17.6 Å². The van der Waals surface area contributed by atoms with E-state index in [4.69, 9.17) is 4.74 Å². The number of nitrogens with zero attached hydrogens (tertiary/aromatic N) is 5. The Balaban J connectivity index is 1.39. The number of hydrogen-bond donors (Lipinski definition) is 1. The molecule has 1 saturated heterocycles. The summed E-state index contributed by atoms with van der Waals surface area (Å²) in [5, 5.41) is 5.07. The van der Waals surface area contributed by atoms with Crippen LogP contribution < -0.4 is 4.74 Å². The highest BCUT2D eigenvalue weighted by Gasteiger charge is 2.34. The van der Waals surface area contributed by atoms with E-state index < -0.39 is 11.7 Å². The number of ketones is 1. The van der Waals surface area contributed by atoms with E-state index in [0.717, 1.165) is 18.5 Å². The number of Topliss-reactive ketones (excluding diaryl/α,β-unsaturated/α-hetero) is 1. The third-order valence-corrected chi connectivity index (χ3v) is 6.88. The number of benzene rings is 1. The number of ether oxygens (including phenoxy) is 1. The molecule has 2 amide bonds. The van der Waals surface area contributed by atoms with Crippen LogP contribution in [0.5, 0.6) is 5.75 Å². The fraction of sp³-hybridized carbons (Fsp3) is 0.321. The van der Waals surface area contributed by atoms with Crippen LogP contribution >= 0.6 is 0 Å². The molecule has 3 aromatic heterocycles. The van der Waals surface area contributed by atoms with Crippen LogP contribution in [0.2, 0.25) is 0 Å². The number of rotatable bonds is 7. The lowest BCUT2D eigenvalue weighted by atomic mass is 10.1. The number of aromatic amines is 1. The molecule has 196 valence electrons. The number of carbonyl (C=O) groups excluding carboxylic acids is 3. The molecule has 1 atom stereocenters. The van der Waals surface area contributed by atoms with Gasteiger partial charge in [0, 0.05) is 43.6 Å². The average molecular weight is 515 g/mol. The van der Waals surface area contributed by atoms with Gasteiger partial charge in [0.15, 0.2) is 5.82 Å². The highest BCUT2D eigenvalue weighted by molar-refractivity contribution is 6.45. The molecule has 10 nitrogen and oxygen atoms in total. The number of nitrogens with one attached hydrogen (secondary N) is 1. The van der Waals surface area contributed by atoms with Crippen molar-refractivity contribution in [1.29, 1.82) is 0 Å². The van der Waals surface area contributed by atoms with E-state index in [2.05, 4.69) is 22.0 Å². The zero-order valence-corrected chi connectivity index (χ0v) is 21.7. The summed E-state index contributed by atoms with van der Waals surface area (Å²) in [6.07, 6.45) is 6.69. The highest BCUT2D eigenvalue weighted by atomic mass is 16.5. The molecule has 10 heteroatoms. The van der Waals surface area contributed by atoms with Crippen LogP contribution in [-0.4, -0.2) is 79.9 Å². The predicted molar refractivity (Wildman–Crippen MR) is 142 cm³/mol. The molecule has 1 aliphatic rings. The first-order chi connectivity index (χ1) is 18.4. The first-order valence-electron chi connectivity index (χ1n) is 12.7. The van der Waals surface area contributed by atoms with Gasteiger partial charge < -0.3 is 19.5 Å². The van der Waals surface area contributed by atoms with Crippen LogP contribution in [0.25, 0.3) is 16.7 Å². The first-order valence-corrected chi connectivity index (χ1v) is 12.7. The largest absolute Gasteiger partial charge is 0.494 e. The lowest BCUT2D eigenvalue weighted by molar-refractivity contribution is -0.128. The lowest BCUT2D eigenvalue weighted by Crippen LogP contribution is -2.56. The fourth-order valence-electron chi connectivity index (χ4n) is 4.93. The summed E-state index contributed by atoms with van der Waals surface area (Å²) in [6, 6.07) is 10.8. The molecule has 0 bridgehead atoms. The highest BCUT2D eigenvalue weighted by Crippen LogP contribution is 2.32. The van der Waals surface area contributed by atoms with Crippen molar-refractivity contribution < 1.29 is 19.1 Å². The van der Waals surface area contributed by atoms with E-state index in [1.807, 2.05) is 37.4 Å². The Morgan fingerprint density at radius 1 is 1.13 bits per heavy atom. The molecule has 0 aliphatic carbocycles. The zero-order chi connectivity index (χ0) is 26.8. The number of methoxy groups -OCH3 is 1. The van der Waals surface area contributed by atoms with Crippen LogP contribution in [0, 0.1) is 0 Å². The van der Waals surface area contributed by atoms with Crippen molar-refractivity contribution >= 4 is 28.5 Å². The topological polar surface area (TPSA) is 113 Å². The maximum Gasteiger partial charge on any atom is 0.295 e. The van der Waals surface area contributed by atoms with Crippen LogP contribution in [-0.2, 0) is 11.2 Å². The lowest BCUT2D eigenvalue weighted by Gasteiger charge is -2.39. The zero-order valence-electron chi connectivity index (χ0n) is 21.7. The number of piperazine rings is 1. The van der Waals surface area contributed by atoms with Gasteiger partial charge in [-0.1, -0.05) is 31.5 Å². The molecule has 5 rings (SSSR count). The Morgan fingerprint density at radius 3 is 2.63 bits per heavy atom. The Kier molecular flexibility index (Phi) is 6.95. The number of carbonyl (C=O) groups is 3. The molecular formula is C28H30N6O4. The van der Waals surface area contributed by atoms with Gasteiger partial charge in [0.05, 0.1) is 35.5 Å². The molecule has 4 heterocycles. The smallest absolute Gasteiger partial charge is 0.295 e. The standard InChI is InChI=1S/C28H30N6O4/c1-4-8-20-11-12-34(31-20)26-24-23(22(38-3)16-30-26)21(15-29-24)25(35)28(37)32-13-14-33(18(2)17-32)27(36)19-9-6-5-7-10-19/h5-7,9-12,15-16,18,29H,4,8,13-14,17H2,1-3H3/t18-/m1/s1. The molecule has 0 unspecified atom stereocenters. The average Bonchev–Trinajstić information content (AvgIpc) is 3.60. The Bertz CT molecular complexity index is 1490. The molecule has 4 aromatic rings. The van der Waals surface area contributed by atoms with Crippen molar-refractivity contribution in [2.45, 2.75) is 32.7 Å². The van der Waals surface area contributed by atoms with Gasteiger partial charge in [-0.2, -0.15) is 5.10 Å². The van der Waals surface area contributed by atoms with Gasteiger partial charge in [-0.05, 0) is 31.5 Å². The molecule has 0 spiro atoms. The molecule has 1 aliphatic heterocycles. The van der Waals surface area contributed by atoms with E-state index in [9.17, 15) is 14.4 Å². The second kappa shape index (κ2) is 10.5. The monoisotopic (exact) mass is 514 g/mol. The van der Waals surface area contributed by atoms with Crippen LogP contribution in [0.4, 0.5) is 0 Å². The molecule has 1 fully saturated rings. The van der Waals surface area contributed by atoms with Crippen molar-refractivity contribution in [3.05, 3.63) is 71.8 Å². The van der Waals surface area contributed by atoms with Crippen molar-refractivity contribution in [3.8, 4) is 11.6 Å². The van der Waals surface area contributed by atoms with E-state index in [1.54, 1.807) is 21.7 Å². The van der Waals surface area contributed by atoms with Gasteiger partial charge in [0.2, 0.25) is 0 Å². The molecule has 38 heavy (non-hydrogen) atoms. The van der Waals surface area contributed by atoms with Gasteiger partial charge >= 0.3 is 0 Å². The quantitative estimate of drug-likeness (QED) is 0.299. The Labute approximate surface area is 220 Å². The number of aryl methyl sites for hydroxylation is 1. The normalized spacial score (nSPS) is 15.6. The van der Waals surface area contributed by atoms with Gasteiger partial charge in [-0.15, -0.1) is 0 Å². The summed E-state index contributed by atoms with van der Waals surface area (Å²) in [4.78, 5) is 50.6. The van der Waals surface area contributed by atoms with Crippen molar-refractivity contribution in [2.24, 2.45) is 0 Å². The van der Waals surface area contributed by atoms with Gasteiger partial charge in [-0.3, -0.25) is 14.4 Å².